The average molecular weight is 459 g/mol. The minimum Gasteiger partial charge on any atom is -0.495 e. The van der Waals surface area contributed by atoms with Gasteiger partial charge in [0.15, 0.2) is 0 Å². The number of para-hydroxylation sites is 1. The zero-order valence-electron chi connectivity index (χ0n) is 19.5. The summed E-state index contributed by atoms with van der Waals surface area (Å²) in [4.78, 5) is 13.3. The Morgan fingerprint density at radius 2 is 1.84 bits per heavy atom. The Hall–Kier alpha value is -2.38. The molecule has 2 aromatic carbocycles. The number of nitrogens with zero attached hydrogens (tertiary/aromatic N) is 1. The molecule has 3 rings (SSSR count). The molecule has 6 nitrogen and oxygen atoms in total. The van der Waals surface area contributed by atoms with E-state index >= 15 is 0 Å². The van der Waals surface area contributed by atoms with E-state index in [1.165, 1.54) is 11.4 Å². The van der Waals surface area contributed by atoms with Crippen molar-refractivity contribution in [2.45, 2.75) is 70.2 Å². The molecule has 0 bridgehead atoms. The number of rotatable bonds is 8. The highest BCUT2D eigenvalue weighted by atomic mass is 32.2. The quantitative estimate of drug-likeness (QED) is 0.614. The normalized spacial score (nSPS) is 15.0. The first kappa shape index (κ1) is 24.3. The van der Waals surface area contributed by atoms with Gasteiger partial charge in [-0.3, -0.25) is 4.79 Å². The van der Waals surface area contributed by atoms with Crippen LogP contribution in [0.3, 0.4) is 0 Å². The Balaban J connectivity index is 1.95. The highest BCUT2D eigenvalue weighted by molar-refractivity contribution is 7.89. The highest BCUT2D eigenvalue weighted by Gasteiger charge is 2.36. The van der Waals surface area contributed by atoms with Crippen LogP contribution in [0, 0.1) is 13.8 Å². The van der Waals surface area contributed by atoms with Gasteiger partial charge in [-0.05, 0) is 61.9 Å². The standard InChI is InChI=1S/C25H34N2O4S/c1-5-20-11-9-10-19(3)25(20)26-24(28)17-27(21-12-7-6-8-13-21)32(29,30)23-16-18(2)14-15-22(23)31-4/h9-11,14-16,21H,5-8,12-13,17H2,1-4H3,(H,26,28). The van der Waals surface area contributed by atoms with Crippen molar-refractivity contribution in [2.24, 2.45) is 0 Å². The SMILES string of the molecule is CCc1cccc(C)c1NC(=O)CN(C1CCCCC1)S(=O)(=O)c1cc(C)ccc1OC. The van der Waals surface area contributed by atoms with Crippen molar-refractivity contribution in [3.05, 3.63) is 53.1 Å². The maximum Gasteiger partial charge on any atom is 0.247 e. The summed E-state index contributed by atoms with van der Waals surface area (Å²) in [6, 6.07) is 10.8. The molecule has 0 aliphatic heterocycles. The summed E-state index contributed by atoms with van der Waals surface area (Å²) in [6.07, 6.45) is 5.30. The molecular weight excluding hydrogens is 424 g/mol. The molecular formula is C25H34N2O4S. The zero-order valence-corrected chi connectivity index (χ0v) is 20.3. The highest BCUT2D eigenvalue weighted by Crippen LogP contribution is 2.33. The number of amides is 1. The van der Waals surface area contributed by atoms with Gasteiger partial charge in [0.25, 0.3) is 0 Å². The molecule has 0 heterocycles. The molecule has 0 aromatic heterocycles. The molecule has 1 fully saturated rings. The van der Waals surface area contributed by atoms with E-state index in [1.807, 2.05) is 45.0 Å². The summed E-state index contributed by atoms with van der Waals surface area (Å²) in [6.45, 7) is 5.61. The molecule has 32 heavy (non-hydrogen) atoms. The third-order valence-electron chi connectivity index (χ3n) is 6.19. The van der Waals surface area contributed by atoms with Crippen LogP contribution in [0.15, 0.2) is 41.3 Å². The Bertz CT molecular complexity index is 1060. The lowest BCUT2D eigenvalue weighted by atomic mass is 9.95. The molecule has 7 heteroatoms. The van der Waals surface area contributed by atoms with Crippen LogP contribution in [0.5, 0.6) is 5.75 Å². The van der Waals surface area contributed by atoms with Gasteiger partial charge in [-0.25, -0.2) is 8.42 Å². The number of aryl methyl sites for hydroxylation is 3. The van der Waals surface area contributed by atoms with E-state index in [9.17, 15) is 13.2 Å². The number of carbonyl (C=O) groups excluding carboxylic acids is 1. The fraction of sp³-hybridized carbons (Fsp3) is 0.480. The van der Waals surface area contributed by atoms with Crippen LogP contribution in [-0.2, 0) is 21.2 Å². The van der Waals surface area contributed by atoms with Gasteiger partial charge in [0.2, 0.25) is 15.9 Å². The summed E-state index contributed by atoms with van der Waals surface area (Å²) in [5, 5.41) is 2.99. The van der Waals surface area contributed by atoms with E-state index in [-0.39, 0.29) is 23.4 Å². The van der Waals surface area contributed by atoms with Crippen molar-refractivity contribution in [3.63, 3.8) is 0 Å². The summed E-state index contributed by atoms with van der Waals surface area (Å²) >= 11 is 0. The molecule has 0 saturated heterocycles. The fourth-order valence-corrected chi connectivity index (χ4v) is 6.30. The number of benzene rings is 2. The third kappa shape index (κ3) is 5.33. The number of hydrogen-bond donors (Lipinski definition) is 1. The van der Waals surface area contributed by atoms with Crippen LogP contribution >= 0.6 is 0 Å². The van der Waals surface area contributed by atoms with Crippen LogP contribution in [0.25, 0.3) is 0 Å². The summed E-state index contributed by atoms with van der Waals surface area (Å²) in [7, 11) is -2.47. The molecule has 2 aromatic rings. The lowest BCUT2D eigenvalue weighted by Crippen LogP contribution is -2.45. The minimum atomic E-state index is -3.93. The summed E-state index contributed by atoms with van der Waals surface area (Å²) < 4.78 is 34.4. The van der Waals surface area contributed by atoms with Gasteiger partial charge < -0.3 is 10.1 Å². The zero-order chi connectivity index (χ0) is 23.3. The Morgan fingerprint density at radius 1 is 1.12 bits per heavy atom. The smallest absolute Gasteiger partial charge is 0.247 e. The number of carbonyl (C=O) groups is 1. The van der Waals surface area contributed by atoms with Crippen LogP contribution in [0.1, 0.15) is 55.7 Å². The lowest BCUT2D eigenvalue weighted by Gasteiger charge is -2.33. The monoisotopic (exact) mass is 458 g/mol. The molecule has 1 N–H and O–H groups in total. The molecule has 0 radical (unpaired) electrons. The van der Waals surface area contributed by atoms with E-state index in [0.29, 0.717) is 5.75 Å². The predicted octanol–water partition coefficient (Wildman–Crippen LogP) is 4.84. The first-order valence-electron chi connectivity index (χ1n) is 11.3. The molecule has 0 unspecified atom stereocenters. The van der Waals surface area contributed by atoms with Gasteiger partial charge in [-0.15, -0.1) is 0 Å². The van der Waals surface area contributed by atoms with E-state index < -0.39 is 10.0 Å². The number of methoxy groups -OCH3 is 1. The minimum absolute atomic E-state index is 0.114. The second kappa shape index (κ2) is 10.5. The van der Waals surface area contributed by atoms with Crippen molar-refractivity contribution in [3.8, 4) is 5.75 Å². The van der Waals surface area contributed by atoms with Crippen LogP contribution in [0.4, 0.5) is 5.69 Å². The number of nitrogens with one attached hydrogen (secondary N) is 1. The van der Waals surface area contributed by atoms with Gasteiger partial charge in [0, 0.05) is 11.7 Å². The molecule has 1 aliphatic carbocycles. The summed E-state index contributed by atoms with van der Waals surface area (Å²) in [5.41, 5.74) is 3.59. The molecule has 1 aliphatic rings. The Kier molecular flexibility index (Phi) is 7.96. The topological polar surface area (TPSA) is 75.7 Å². The first-order chi connectivity index (χ1) is 15.3. The van der Waals surface area contributed by atoms with Crippen molar-refractivity contribution in [1.29, 1.82) is 0 Å². The molecule has 174 valence electrons. The van der Waals surface area contributed by atoms with Gasteiger partial charge in [0.05, 0.1) is 13.7 Å². The van der Waals surface area contributed by atoms with E-state index in [1.54, 1.807) is 12.1 Å². The molecule has 0 atom stereocenters. The maximum absolute atomic E-state index is 13.8. The number of anilines is 1. The molecule has 1 amide bonds. The largest absolute Gasteiger partial charge is 0.495 e. The third-order valence-corrected chi connectivity index (χ3v) is 8.11. The van der Waals surface area contributed by atoms with Gasteiger partial charge in [0.1, 0.15) is 10.6 Å². The van der Waals surface area contributed by atoms with E-state index in [2.05, 4.69) is 5.32 Å². The second-order valence-electron chi connectivity index (χ2n) is 8.51. The molecule has 1 saturated carbocycles. The van der Waals surface area contributed by atoms with Crippen LogP contribution in [-0.4, -0.2) is 38.3 Å². The number of sulfonamides is 1. The van der Waals surface area contributed by atoms with Crippen molar-refractivity contribution in [2.75, 3.05) is 19.0 Å². The Morgan fingerprint density at radius 3 is 2.50 bits per heavy atom. The van der Waals surface area contributed by atoms with Crippen LogP contribution in [0.2, 0.25) is 0 Å². The van der Waals surface area contributed by atoms with E-state index in [4.69, 9.17) is 4.74 Å². The van der Waals surface area contributed by atoms with Crippen LogP contribution < -0.4 is 10.1 Å². The van der Waals surface area contributed by atoms with Gasteiger partial charge in [-0.1, -0.05) is 50.5 Å². The number of ether oxygens (including phenoxy) is 1. The van der Waals surface area contributed by atoms with Gasteiger partial charge in [-0.2, -0.15) is 4.31 Å². The second-order valence-corrected chi connectivity index (χ2v) is 10.4. The van der Waals surface area contributed by atoms with Crippen molar-refractivity contribution < 1.29 is 17.9 Å². The lowest BCUT2D eigenvalue weighted by molar-refractivity contribution is -0.116. The number of hydrogen-bond acceptors (Lipinski definition) is 4. The van der Waals surface area contributed by atoms with Crippen molar-refractivity contribution >= 4 is 21.6 Å². The fourth-order valence-electron chi connectivity index (χ4n) is 4.41. The summed E-state index contributed by atoms with van der Waals surface area (Å²) in [5.74, 6) is -0.0289. The Labute approximate surface area is 192 Å². The average Bonchev–Trinajstić information content (AvgIpc) is 2.79. The van der Waals surface area contributed by atoms with Gasteiger partial charge >= 0.3 is 0 Å². The predicted molar refractivity (Wildman–Crippen MR) is 128 cm³/mol. The first-order valence-corrected chi connectivity index (χ1v) is 12.8. The van der Waals surface area contributed by atoms with E-state index in [0.717, 1.165) is 60.9 Å². The maximum atomic E-state index is 13.8. The van der Waals surface area contributed by atoms with Crippen molar-refractivity contribution in [1.82, 2.24) is 4.31 Å². The molecule has 0 spiro atoms.